The molecule has 0 aliphatic carbocycles. The van der Waals surface area contributed by atoms with E-state index in [1.807, 2.05) is 55.4 Å². The molecule has 0 amide bonds. The molecule has 0 radical (unpaired) electrons. The second-order valence-corrected chi connectivity index (χ2v) is 6.14. The molecule has 22 heavy (non-hydrogen) atoms. The fraction of sp³-hybridized carbons (Fsp3) is 0.125. The number of hydrogen-bond donors (Lipinski definition) is 2. The number of aromatic carboxylic acids is 1. The van der Waals surface area contributed by atoms with Crippen molar-refractivity contribution in [1.29, 1.82) is 0 Å². The minimum Gasteiger partial charge on any atom is -0.477 e. The highest BCUT2D eigenvalue weighted by molar-refractivity contribution is 7.21. The molecule has 2 aromatic heterocycles. The number of aromatic nitrogens is 1. The summed E-state index contributed by atoms with van der Waals surface area (Å²) in [6, 6.07) is 11.7. The van der Waals surface area contributed by atoms with Gasteiger partial charge in [-0.25, -0.2) is 9.78 Å². The van der Waals surface area contributed by atoms with Gasteiger partial charge in [0, 0.05) is 30.7 Å². The van der Waals surface area contributed by atoms with Crippen molar-refractivity contribution < 1.29 is 9.90 Å². The lowest BCUT2D eigenvalue weighted by Crippen LogP contribution is -2.07. The molecule has 3 aromatic rings. The number of benzene rings is 1. The third kappa shape index (κ3) is 2.37. The normalized spacial score (nSPS) is 10.8. The first-order valence-electron chi connectivity index (χ1n) is 6.67. The summed E-state index contributed by atoms with van der Waals surface area (Å²) >= 11 is 1.10. The number of nitrogens with two attached hydrogens (primary N) is 1. The summed E-state index contributed by atoms with van der Waals surface area (Å²) in [6.45, 7) is 0. The summed E-state index contributed by atoms with van der Waals surface area (Å²) in [4.78, 5) is 18.5. The van der Waals surface area contributed by atoms with Crippen molar-refractivity contribution in [1.82, 2.24) is 4.98 Å². The van der Waals surface area contributed by atoms with Crippen molar-refractivity contribution in [3.05, 3.63) is 41.3 Å². The van der Waals surface area contributed by atoms with Crippen LogP contribution in [0.1, 0.15) is 9.67 Å². The van der Waals surface area contributed by atoms with Gasteiger partial charge in [0.05, 0.1) is 11.4 Å². The second kappa shape index (κ2) is 5.31. The number of carbonyl (C=O) groups is 1. The fourth-order valence-corrected chi connectivity index (χ4v) is 3.18. The van der Waals surface area contributed by atoms with Crippen LogP contribution in [0.5, 0.6) is 0 Å². The molecule has 3 rings (SSSR count). The van der Waals surface area contributed by atoms with Gasteiger partial charge in [0.2, 0.25) is 0 Å². The first-order chi connectivity index (χ1) is 10.5. The number of nitrogen functional groups attached to an aromatic ring is 1. The highest BCUT2D eigenvalue weighted by Gasteiger charge is 2.16. The molecule has 0 unspecified atom stereocenters. The van der Waals surface area contributed by atoms with Crippen LogP contribution in [-0.2, 0) is 0 Å². The Morgan fingerprint density at radius 1 is 1.18 bits per heavy atom. The van der Waals surface area contributed by atoms with Gasteiger partial charge < -0.3 is 15.7 Å². The molecular formula is C16H15N3O2S. The summed E-state index contributed by atoms with van der Waals surface area (Å²) in [5.41, 5.74) is 9.05. The molecule has 2 heterocycles. The molecule has 5 nitrogen and oxygen atoms in total. The van der Waals surface area contributed by atoms with Gasteiger partial charge in [0.25, 0.3) is 0 Å². The summed E-state index contributed by atoms with van der Waals surface area (Å²) in [5, 5.41) is 9.82. The van der Waals surface area contributed by atoms with E-state index in [0.29, 0.717) is 10.2 Å². The third-order valence-corrected chi connectivity index (χ3v) is 4.57. The summed E-state index contributed by atoms with van der Waals surface area (Å²) in [7, 11) is 3.97. The van der Waals surface area contributed by atoms with E-state index in [0.717, 1.165) is 28.3 Å². The lowest BCUT2D eigenvalue weighted by atomic mass is 10.1. The molecule has 0 atom stereocenters. The zero-order valence-corrected chi connectivity index (χ0v) is 13.0. The van der Waals surface area contributed by atoms with Crippen LogP contribution < -0.4 is 10.6 Å². The van der Waals surface area contributed by atoms with Crippen molar-refractivity contribution in [2.45, 2.75) is 0 Å². The first-order valence-corrected chi connectivity index (χ1v) is 7.49. The lowest BCUT2D eigenvalue weighted by molar-refractivity contribution is 0.0703. The van der Waals surface area contributed by atoms with Gasteiger partial charge in [-0.2, -0.15) is 0 Å². The van der Waals surface area contributed by atoms with E-state index in [1.54, 1.807) is 0 Å². The van der Waals surface area contributed by atoms with E-state index >= 15 is 0 Å². The van der Waals surface area contributed by atoms with Crippen LogP contribution in [0.2, 0.25) is 0 Å². The Kier molecular flexibility index (Phi) is 3.46. The monoisotopic (exact) mass is 313 g/mol. The zero-order valence-electron chi connectivity index (χ0n) is 12.2. The minimum absolute atomic E-state index is 0.141. The summed E-state index contributed by atoms with van der Waals surface area (Å²) in [5.74, 6) is -1.02. The predicted molar refractivity (Wildman–Crippen MR) is 90.8 cm³/mol. The van der Waals surface area contributed by atoms with Crippen molar-refractivity contribution >= 4 is 38.9 Å². The average Bonchev–Trinajstić information content (AvgIpc) is 2.84. The lowest BCUT2D eigenvalue weighted by Gasteiger charge is -2.12. The quantitative estimate of drug-likeness (QED) is 0.775. The van der Waals surface area contributed by atoms with E-state index in [-0.39, 0.29) is 10.6 Å². The number of nitrogens with zero attached hydrogens (tertiary/aromatic N) is 2. The van der Waals surface area contributed by atoms with Crippen molar-refractivity contribution in [3.63, 3.8) is 0 Å². The van der Waals surface area contributed by atoms with Gasteiger partial charge in [0.1, 0.15) is 9.71 Å². The maximum Gasteiger partial charge on any atom is 0.348 e. The molecule has 3 N–H and O–H groups in total. The molecule has 1 aromatic carbocycles. The Labute approximate surface area is 131 Å². The Bertz CT molecular complexity index is 854. The maximum absolute atomic E-state index is 11.1. The second-order valence-electron chi connectivity index (χ2n) is 5.14. The number of pyridine rings is 1. The largest absolute Gasteiger partial charge is 0.477 e. The van der Waals surface area contributed by atoms with Crippen LogP contribution in [0, 0.1) is 0 Å². The number of fused-ring (bicyclic) bond motifs is 1. The summed E-state index contributed by atoms with van der Waals surface area (Å²) < 4.78 is 0. The van der Waals surface area contributed by atoms with E-state index in [9.17, 15) is 4.79 Å². The highest BCUT2D eigenvalue weighted by atomic mass is 32.1. The van der Waals surface area contributed by atoms with Gasteiger partial charge in [-0.05, 0) is 24.3 Å². The van der Waals surface area contributed by atoms with Gasteiger partial charge >= 0.3 is 5.97 Å². The fourth-order valence-electron chi connectivity index (χ4n) is 2.25. The van der Waals surface area contributed by atoms with Crippen molar-refractivity contribution in [2.75, 3.05) is 24.7 Å². The molecule has 0 aliphatic rings. The SMILES string of the molecule is CN(C)c1ccc(-c2ccc3c(N)c(C(=O)O)sc3n2)cc1. The topological polar surface area (TPSA) is 79.5 Å². The van der Waals surface area contributed by atoms with E-state index in [1.165, 1.54) is 0 Å². The predicted octanol–water partition coefficient (Wildman–Crippen LogP) is 3.31. The van der Waals surface area contributed by atoms with Crippen LogP contribution in [0.3, 0.4) is 0 Å². The van der Waals surface area contributed by atoms with Crippen LogP contribution in [0.4, 0.5) is 11.4 Å². The molecular weight excluding hydrogens is 298 g/mol. The molecule has 0 aliphatic heterocycles. The third-order valence-electron chi connectivity index (χ3n) is 3.47. The molecule has 6 heteroatoms. The Hall–Kier alpha value is -2.60. The molecule has 0 fully saturated rings. The highest BCUT2D eigenvalue weighted by Crippen LogP contribution is 2.34. The van der Waals surface area contributed by atoms with E-state index in [4.69, 9.17) is 10.8 Å². The van der Waals surface area contributed by atoms with Crippen LogP contribution in [0.15, 0.2) is 36.4 Å². The molecule has 0 bridgehead atoms. The molecule has 0 saturated heterocycles. The number of carboxylic acids is 1. The van der Waals surface area contributed by atoms with Crippen LogP contribution in [-0.4, -0.2) is 30.2 Å². The number of carboxylic acid groups (broad SMARTS) is 1. The smallest absolute Gasteiger partial charge is 0.348 e. The molecule has 0 spiro atoms. The van der Waals surface area contributed by atoms with E-state index in [2.05, 4.69) is 4.98 Å². The Balaban J connectivity index is 2.06. The number of hydrogen-bond acceptors (Lipinski definition) is 5. The molecule has 0 saturated carbocycles. The van der Waals surface area contributed by atoms with Crippen LogP contribution in [0.25, 0.3) is 21.5 Å². The zero-order chi connectivity index (χ0) is 15.9. The average molecular weight is 313 g/mol. The van der Waals surface area contributed by atoms with Crippen molar-refractivity contribution in [3.8, 4) is 11.3 Å². The minimum atomic E-state index is -1.02. The van der Waals surface area contributed by atoms with Gasteiger partial charge in [0.15, 0.2) is 0 Å². The Morgan fingerprint density at radius 3 is 2.45 bits per heavy atom. The maximum atomic E-state index is 11.1. The van der Waals surface area contributed by atoms with E-state index < -0.39 is 5.97 Å². The van der Waals surface area contributed by atoms with Crippen LogP contribution >= 0.6 is 11.3 Å². The molecule has 112 valence electrons. The van der Waals surface area contributed by atoms with Gasteiger partial charge in [-0.1, -0.05) is 12.1 Å². The first kappa shape index (κ1) is 14.3. The van der Waals surface area contributed by atoms with Gasteiger partial charge in [-0.3, -0.25) is 0 Å². The number of rotatable bonds is 3. The number of anilines is 2. The summed E-state index contributed by atoms with van der Waals surface area (Å²) in [6.07, 6.45) is 0. The van der Waals surface area contributed by atoms with Crippen molar-refractivity contribution in [2.24, 2.45) is 0 Å². The standard InChI is InChI=1S/C16H15N3O2S/c1-19(2)10-5-3-9(4-6-10)12-8-7-11-13(17)14(16(20)21)22-15(11)18-12/h3-8H,17H2,1-2H3,(H,20,21). The van der Waals surface area contributed by atoms with Gasteiger partial charge in [-0.15, -0.1) is 11.3 Å². The number of thiophene rings is 1. The Morgan fingerprint density at radius 2 is 1.86 bits per heavy atom.